The van der Waals surface area contributed by atoms with Crippen LogP contribution >= 0.6 is 23.5 Å². The highest BCUT2D eigenvalue weighted by Crippen LogP contribution is 2.33. The van der Waals surface area contributed by atoms with Gasteiger partial charge >= 0.3 is 0 Å². The van der Waals surface area contributed by atoms with Crippen molar-refractivity contribution in [1.29, 1.82) is 0 Å². The molecular formula is C22H26N4OS2. The van der Waals surface area contributed by atoms with Gasteiger partial charge in [0.1, 0.15) is 6.33 Å². The molecule has 0 bridgehead atoms. The molecule has 29 heavy (non-hydrogen) atoms. The summed E-state index contributed by atoms with van der Waals surface area (Å²) in [6.07, 6.45) is 5.18. The van der Waals surface area contributed by atoms with Crippen LogP contribution in [-0.2, 0) is 11.3 Å². The Labute approximate surface area is 180 Å². The molecule has 0 saturated carbocycles. The van der Waals surface area contributed by atoms with E-state index in [9.17, 15) is 4.79 Å². The summed E-state index contributed by atoms with van der Waals surface area (Å²) in [5.41, 5.74) is 0.822. The number of nitrogens with zero attached hydrogens (tertiary/aromatic N) is 3. The quantitative estimate of drug-likeness (QED) is 0.331. The van der Waals surface area contributed by atoms with Crippen LogP contribution in [0.25, 0.3) is 0 Å². The van der Waals surface area contributed by atoms with Crippen molar-refractivity contribution in [3.63, 3.8) is 0 Å². The molecule has 0 saturated heterocycles. The molecular weight excluding hydrogens is 400 g/mol. The number of rotatable bonds is 10. The van der Waals surface area contributed by atoms with Crippen molar-refractivity contribution in [2.45, 2.75) is 59.9 Å². The van der Waals surface area contributed by atoms with Gasteiger partial charge in [0.15, 0.2) is 5.16 Å². The Morgan fingerprint density at radius 2 is 1.86 bits per heavy atom. The van der Waals surface area contributed by atoms with Gasteiger partial charge in [0.25, 0.3) is 0 Å². The Hall–Kier alpha value is -2.25. The number of carbonyl (C=O) groups is 1. The highest BCUT2D eigenvalue weighted by molar-refractivity contribution is 8.00. The van der Waals surface area contributed by atoms with Gasteiger partial charge in [0.05, 0.1) is 10.9 Å². The van der Waals surface area contributed by atoms with Gasteiger partial charge in [-0.3, -0.25) is 4.79 Å². The van der Waals surface area contributed by atoms with Crippen molar-refractivity contribution in [3.05, 3.63) is 60.9 Å². The number of aryl methyl sites for hydroxylation is 1. The molecule has 0 aliphatic rings. The molecule has 0 radical (unpaired) electrons. The third-order valence-electron chi connectivity index (χ3n) is 4.35. The first-order valence-electron chi connectivity index (χ1n) is 9.84. The Bertz CT molecular complexity index is 914. The number of nitrogens with one attached hydrogen (secondary N) is 1. The van der Waals surface area contributed by atoms with Crippen LogP contribution in [0.2, 0.25) is 0 Å². The molecule has 1 atom stereocenters. The molecule has 0 aliphatic carbocycles. The molecule has 0 fully saturated rings. The number of benzene rings is 2. The molecule has 1 heterocycles. The van der Waals surface area contributed by atoms with Crippen LogP contribution in [0.3, 0.4) is 0 Å². The first-order valence-corrected chi connectivity index (χ1v) is 11.5. The Morgan fingerprint density at radius 3 is 2.66 bits per heavy atom. The lowest BCUT2D eigenvalue weighted by atomic mass is 10.2. The van der Waals surface area contributed by atoms with E-state index in [1.54, 1.807) is 18.1 Å². The molecule has 3 rings (SSSR count). The number of hydrogen-bond donors (Lipinski definition) is 1. The molecule has 3 aromatic rings. The fourth-order valence-electron chi connectivity index (χ4n) is 2.74. The minimum absolute atomic E-state index is 0.0424. The summed E-state index contributed by atoms with van der Waals surface area (Å²) >= 11 is 3.08. The topological polar surface area (TPSA) is 59.8 Å². The van der Waals surface area contributed by atoms with Crippen molar-refractivity contribution in [1.82, 2.24) is 14.8 Å². The van der Waals surface area contributed by atoms with Crippen LogP contribution < -0.4 is 5.32 Å². The number of unbranched alkanes of at least 4 members (excludes halogenated alkanes) is 2. The standard InChI is InChI=1S/C22H26N4OS2/c1-3-4-10-15-26-16-23-25-22(26)28-17(2)21(27)24-19-13-8-9-14-20(19)29-18-11-6-5-7-12-18/h5-9,11-14,16-17H,3-4,10,15H2,1-2H3,(H,24,27)/t17-/m1/s1. The Balaban J connectivity index is 1.63. The van der Waals surface area contributed by atoms with E-state index in [0.29, 0.717) is 0 Å². The molecule has 0 unspecified atom stereocenters. The van der Waals surface area contributed by atoms with E-state index in [0.717, 1.165) is 33.6 Å². The molecule has 0 aliphatic heterocycles. The summed E-state index contributed by atoms with van der Waals surface area (Å²) in [4.78, 5) is 15.0. The molecule has 7 heteroatoms. The zero-order valence-electron chi connectivity index (χ0n) is 16.7. The minimum atomic E-state index is -0.279. The smallest absolute Gasteiger partial charge is 0.237 e. The van der Waals surface area contributed by atoms with Crippen LogP contribution in [0.5, 0.6) is 0 Å². The van der Waals surface area contributed by atoms with Gasteiger partial charge in [0.2, 0.25) is 5.91 Å². The fourth-order valence-corrected chi connectivity index (χ4v) is 4.51. The zero-order valence-corrected chi connectivity index (χ0v) is 18.4. The lowest BCUT2D eigenvalue weighted by Gasteiger charge is -2.14. The maximum Gasteiger partial charge on any atom is 0.237 e. The normalized spacial score (nSPS) is 11.9. The van der Waals surface area contributed by atoms with E-state index in [2.05, 4.69) is 34.6 Å². The number of carbonyl (C=O) groups excluding carboxylic acids is 1. The molecule has 1 amide bonds. The van der Waals surface area contributed by atoms with E-state index in [4.69, 9.17) is 0 Å². The van der Waals surface area contributed by atoms with Crippen LogP contribution in [0.15, 0.2) is 75.9 Å². The second kappa shape index (κ2) is 11.1. The SMILES string of the molecule is CCCCCn1cnnc1S[C@H](C)C(=O)Nc1ccccc1Sc1ccccc1. The van der Waals surface area contributed by atoms with Crippen molar-refractivity contribution >= 4 is 35.1 Å². The zero-order chi connectivity index (χ0) is 20.5. The average molecular weight is 427 g/mol. The second-order valence-electron chi connectivity index (χ2n) is 6.67. The van der Waals surface area contributed by atoms with Crippen molar-refractivity contribution in [2.75, 3.05) is 5.32 Å². The number of thioether (sulfide) groups is 1. The predicted octanol–water partition coefficient (Wildman–Crippen LogP) is 5.74. The molecule has 5 nitrogen and oxygen atoms in total. The number of amides is 1. The van der Waals surface area contributed by atoms with Crippen molar-refractivity contribution < 1.29 is 4.79 Å². The molecule has 152 valence electrons. The predicted molar refractivity (Wildman–Crippen MR) is 121 cm³/mol. The second-order valence-corrected chi connectivity index (χ2v) is 9.10. The van der Waals surface area contributed by atoms with Crippen molar-refractivity contribution in [3.8, 4) is 0 Å². The third-order valence-corrected chi connectivity index (χ3v) is 6.53. The van der Waals surface area contributed by atoms with E-state index in [1.807, 2.05) is 54.0 Å². The molecule has 0 spiro atoms. The lowest BCUT2D eigenvalue weighted by Crippen LogP contribution is -2.23. The first-order chi connectivity index (χ1) is 14.2. The summed E-state index contributed by atoms with van der Waals surface area (Å²) in [6, 6.07) is 18.0. The first kappa shape index (κ1) is 21.5. The van der Waals surface area contributed by atoms with Gasteiger partial charge in [0, 0.05) is 16.3 Å². The van der Waals surface area contributed by atoms with E-state index in [1.165, 1.54) is 24.6 Å². The summed E-state index contributed by atoms with van der Waals surface area (Å²) in [5.74, 6) is -0.0424. The van der Waals surface area contributed by atoms with E-state index < -0.39 is 0 Å². The van der Waals surface area contributed by atoms with Gasteiger partial charge in [-0.25, -0.2) is 0 Å². The molecule has 1 aromatic heterocycles. The Kier molecular flexibility index (Phi) is 8.19. The van der Waals surface area contributed by atoms with Crippen LogP contribution in [0, 0.1) is 0 Å². The summed E-state index contributed by atoms with van der Waals surface area (Å²) < 4.78 is 2.03. The van der Waals surface area contributed by atoms with E-state index >= 15 is 0 Å². The van der Waals surface area contributed by atoms with Crippen LogP contribution in [0.1, 0.15) is 33.1 Å². The Morgan fingerprint density at radius 1 is 1.10 bits per heavy atom. The average Bonchev–Trinajstić information content (AvgIpc) is 3.17. The highest BCUT2D eigenvalue weighted by atomic mass is 32.2. The number of hydrogen-bond acceptors (Lipinski definition) is 5. The monoisotopic (exact) mass is 426 g/mol. The summed E-state index contributed by atoms with van der Waals surface area (Å²) in [6.45, 7) is 4.97. The lowest BCUT2D eigenvalue weighted by molar-refractivity contribution is -0.115. The third kappa shape index (κ3) is 6.37. The number of para-hydroxylation sites is 1. The maximum atomic E-state index is 12.8. The van der Waals surface area contributed by atoms with Gasteiger partial charge in [-0.15, -0.1) is 10.2 Å². The minimum Gasteiger partial charge on any atom is -0.324 e. The van der Waals surface area contributed by atoms with Crippen LogP contribution in [-0.4, -0.2) is 25.9 Å². The largest absolute Gasteiger partial charge is 0.324 e. The number of anilines is 1. The summed E-state index contributed by atoms with van der Waals surface area (Å²) in [7, 11) is 0. The van der Waals surface area contributed by atoms with Gasteiger partial charge in [-0.05, 0) is 37.6 Å². The van der Waals surface area contributed by atoms with Gasteiger partial charge < -0.3 is 9.88 Å². The molecule has 1 N–H and O–H groups in total. The van der Waals surface area contributed by atoms with Crippen LogP contribution in [0.4, 0.5) is 5.69 Å². The van der Waals surface area contributed by atoms with Crippen molar-refractivity contribution in [2.24, 2.45) is 0 Å². The van der Waals surface area contributed by atoms with Gasteiger partial charge in [-0.2, -0.15) is 0 Å². The fraction of sp³-hybridized carbons (Fsp3) is 0.318. The number of aromatic nitrogens is 3. The maximum absolute atomic E-state index is 12.8. The summed E-state index contributed by atoms with van der Waals surface area (Å²) in [5, 5.41) is 11.8. The molecule has 2 aromatic carbocycles. The highest BCUT2D eigenvalue weighted by Gasteiger charge is 2.19. The van der Waals surface area contributed by atoms with Gasteiger partial charge in [-0.1, -0.05) is 73.6 Å². The van der Waals surface area contributed by atoms with E-state index in [-0.39, 0.29) is 11.2 Å².